The zero-order valence-corrected chi connectivity index (χ0v) is 17.7. The molecule has 2 aliphatic rings. The second kappa shape index (κ2) is 7.70. The molecule has 1 fully saturated rings. The van der Waals surface area contributed by atoms with E-state index >= 15 is 0 Å². The molecule has 8 nitrogen and oxygen atoms in total. The van der Waals surface area contributed by atoms with Crippen molar-refractivity contribution >= 4 is 22.9 Å². The van der Waals surface area contributed by atoms with Gasteiger partial charge in [0.1, 0.15) is 11.9 Å². The highest BCUT2D eigenvalue weighted by molar-refractivity contribution is 5.95. The number of benzene rings is 1. The lowest BCUT2D eigenvalue weighted by atomic mass is 10.0. The highest BCUT2D eigenvalue weighted by Gasteiger charge is 2.25. The minimum Gasteiger partial charge on any atom is -0.345 e. The minimum atomic E-state index is 0.0452. The Morgan fingerprint density at radius 3 is 2.67 bits per heavy atom. The van der Waals surface area contributed by atoms with Crippen LogP contribution in [-0.2, 0) is 7.05 Å². The van der Waals surface area contributed by atoms with Crippen molar-refractivity contribution in [3.05, 3.63) is 42.4 Å². The van der Waals surface area contributed by atoms with Crippen molar-refractivity contribution in [2.24, 2.45) is 12.0 Å². The molecule has 2 aromatic heterocycles. The number of rotatable bonds is 4. The van der Waals surface area contributed by atoms with Gasteiger partial charge in [-0.05, 0) is 37.6 Å². The molecular weight excluding hydrogens is 376 g/mol. The van der Waals surface area contributed by atoms with E-state index in [4.69, 9.17) is 0 Å². The quantitative estimate of drug-likeness (QED) is 0.698. The standard InChI is InChI=1S/C22H28N8/c1-15(2)29-6-8-30(9-7-29)21-11-20(23-14-24-21)22-18-10-16(4-5-19(18)26-27-22)17-12-25-28(3)13-17/h4-5,10-15,21H,6-9H2,1-3H3,(H,23,24)(H,26,27). The Kier molecular flexibility index (Phi) is 4.88. The van der Waals surface area contributed by atoms with Crippen LogP contribution in [0.1, 0.15) is 19.5 Å². The topological polar surface area (TPSA) is 77.4 Å². The molecule has 156 valence electrons. The van der Waals surface area contributed by atoms with Crippen LogP contribution in [0.5, 0.6) is 0 Å². The van der Waals surface area contributed by atoms with Gasteiger partial charge in [-0.1, -0.05) is 6.07 Å². The SMILES string of the molecule is CC(C)N1CCN(C2C=C(c3n[nH]c4ccc(-c5cnn(C)c5)cc34)NC=N2)CC1. The summed E-state index contributed by atoms with van der Waals surface area (Å²) < 4.78 is 1.82. The number of hydrogen-bond donors (Lipinski definition) is 2. The Balaban J connectivity index is 1.42. The number of nitrogens with one attached hydrogen (secondary N) is 2. The second-order valence-corrected chi connectivity index (χ2v) is 8.32. The summed E-state index contributed by atoms with van der Waals surface area (Å²) in [5.41, 5.74) is 5.16. The third-order valence-electron chi connectivity index (χ3n) is 6.07. The van der Waals surface area contributed by atoms with Crippen molar-refractivity contribution in [2.45, 2.75) is 26.1 Å². The molecule has 30 heavy (non-hydrogen) atoms. The summed E-state index contributed by atoms with van der Waals surface area (Å²) in [7, 11) is 1.93. The van der Waals surface area contributed by atoms with Gasteiger partial charge < -0.3 is 5.32 Å². The van der Waals surface area contributed by atoms with E-state index in [9.17, 15) is 0 Å². The van der Waals surface area contributed by atoms with Crippen molar-refractivity contribution in [1.29, 1.82) is 0 Å². The van der Waals surface area contributed by atoms with E-state index in [0.717, 1.165) is 59.6 Å². The molecular formula is C22H28N8. The number of aromatic amines is 1. The monoisotopic (exact) mass is 404 g/mol. The molecule has 1 aromatic carbocycles. The van der Waals surface area contributed by atoms with Gasteiger partial charge in [-0.25, -0.2) is 0 Å². The molecule has 0 radical (unpaired) electrons. The van der Waals surface area contributed by atoms with Crippen LogP contribution in [0, 0.1) is 0 Å². The maximum Gasteiger partial charge on any atom is 0.125 e. The Morgan fingerprint density at radius 2 is 1.93 bits per heavy atom. The Hall–Kier alpha value is -2.97. The number of H-pyrrole nitrogens is 1. The number of hydrogen-bond acceptors (Lipinski definition) is 6. The molecule has 4 heterocycles. The van der Waals surface area contributed by atoms with Crippen LogP contribution in [0.2, 0.25) is 0 Å². The van der Waals surface area contributed by atoms with Gasteiger partial charge in [-0.2, -0.15) is 10.2 Å². The van der Waals surface area contributed by atoms with Gasteiger partial charge >= 0.3 is 0 Å². The van der Waals surface area contributed by atoms with Gasteiger partial charge in [0.05, 0.1) is 23.7 Å². The molecule has 0 bridgehead atoms. The summed E-state index contributed by atoms with van der Waals surface area (Å²) in [4.78, 5) is 9.63. The van der Waals surface area contributed by atoms with E-state index in [0.29, 0.717) is 6.04 Å². The Morgan fingerprint density at radius 1 is 1.10 bits per heavy atom. The minimum absolute atomic E-state index is 0.0452. The Labute approximate surface area is 176 Å². The third kappa shape index (κ3) is 3.53. The molecule has 8 heteroatoms. The molecule has 0 saturated carbocycles. The fourth-order valence-electron chi connectivity index (χ4n) is 4.26. The molecule has 3 aromatic rings. The normalized spacial score (nSPS) is 20.7. The van der Waals surface area contributed by atoms with E-state index in [2.05, 4.69) is 73.5 Å². The summed E-state index contributed by atoms with van der Waals surface area (Å²) in [5.74, 6) is 0. The van der Waals surface area contributed by atoms with Crippen LogP contribution >= 0.6 is 0 Å². The number of aromatic nitrogens is 4. The zero-order valence-electron chi connectivity index (χ0n) is 17.7. The van der Waals surface area contributed by atoms with Gasteiger partial charge in [-0.3, -0.25) is 24.6 Å². The first-order valence-corrected chi connectivity index (χ1v) is 10.5. The molecule has 0 amide bonds. The number of aryl methyl sites for hydroxylation is 1. The molecule has 2 aliphatic heterocycles. The van der Waals surface area contributed by atoms with Crippen molar-refractivity contribution in [1.82, 2.24) is 35.1 Å². The van der Waals surface area contributed by atoms with Crippen molar-refractivity contribution in [3.63, 3.8) is 0 Å². The van der Waals surface area contributed by atoms with Crippen molar-refractivity contribution in [2.75, 3.05) is 26.2 Å². The molecule has 5 rings (SSSR count). The van der Waals surface area contributed by atoms with Crippen molar-refractivity contribution < 1.29 is 0 Å². The summed E-state index contributed by atoms with van der Waals surface area (Å²) in [6, 6.07) is 6.95. The molecule has 1 unspecified atom stereocenters. The van der Waals surface area contributed by atoms with Crippen molar-refractivity contribution in [3.8, 4) is 11.1 Å². The molecule has 0 aliphatic carbocycles. The third-order valence-corrected chi connectivity index (χ3v) is 6.07. The summed E-state index contributed by atoms with van der Waals surface area (Å²) in [6.07, 6.45) is 7.96. The van der Waals surface area contributed by atoms with E-state index in [-0.39, 0.29) is 6.17 Å². The van der Waals surface area contributed by atoms with Crippen LogP contribution in [0.25, 0.3) is 27.7 Å². The average Bonchev–Trinajstić information content (AvgIpc) is 3.39. The van der Waals surface area contributed by atoms with Gasteiger partial charge in [0.2, 0.25) is 0 Å². The molecule has 2 N–H and O–H groups in total. The highest BCUT2D eigenvalue weighted by Crippen LogP contribution is 2.28. The average molecular weight is 405 g/mol. The maximum absolute atomic E-state index is 4.68. The van der Waals surface area contributed by atoms with E-state index in [1.54, 1.807) is 6.34 Å². The number of aliphatic imine (C=N–C) groups is 1. The fourth-order valence-corrected chi connectivity index (χ4v) is 4.26. The number of piperazine rings is 1. The lowest BCUT2D eigenvalue weighted by Gasteiger charge is -2.39. The first-order valence-electron chi connectivity index (χ1n) is 10.5. The predicted octanol–water partition coefficient (Wildman–Crippen LogP) is 2.29. The first kappa shape index (κ1) is 19.0. The van der Waals surface area contributed by atoms with Crippen LogP contribution < -0.4 is 5.32 Å². The van der Waals surface area contributed by atoms with Crippen LogP contribution in [0.4, 0.5) is 0 Å². The summed E-state index contributed by atoms with van der Waals surface area (Å²) >= 11 is 0. The van der Waals surface area contributed by atoms with Gasteiger partial charge in [0.25, 0.3) is 0 Å². The van der Waals surface area contributed by atoms with Gasteiger partial charge in [-0.15, -0.1) is 0 Å². The Bertz CT molecular complexity index is 1100. The first-order chi connectivity index (χ1) is 14.6. The van der Waals surface area contributed by atoms with Gasteiger partial charge in [0.15, 0.2) is 0 Å². The smallest absolute Gasteiger partial charge is 0.125 e. The lowest BCUT2D eigenvalue weighted by molar-refractivity contribution is 0.0934. The highest BCUT2D eigenvalue weighted by atomic mass is 15.3. The second-order valence-electron chi connectivity index (χ2n) is 8.32. The largest absolute Gasteiger partial charge is 0.345 e. The van der Waals surface area contributed by atoms with Crippen LogP contribution in [-0.4, -0.2) is 74.5 Å². The predicted molar refractivity (Wildman–Crippen MR) is 120 cm³/mol. The van der Waals surface area contributed by atoms with E-state index < -0.39 is 0 Å². The fraction of sp³-hybridized carbons (Fsp3) is 0.409. The summed E-state index contributed by atoms with van der Waals surface area (Å²) in [5, 5.41) is 16.5. The van der Waals surface area contributed by atoms with E-state index in [1.807, 2.05) is 24.1 Å². The number of nitrogens with zero attached hydrogens (tertiary/aromatic N) is 6. The summed E-state index contributed by atoms with van der Waals surface area (Å²) in [6.45, 7) is 8.74. The zero-order chi connectivity index (χ0) is 20.7. The maximum atomic E-state index is 4.68. The van der Waals surface area contributed by atoms with Gasteiger partial charge in [0, 0.05) is 56.4 Å². The van der Waals surface area contributed by atoms with Crippen LogP contribution in [0.3, 0.4) is 0 Å². The number of fused-ring (bicyclic) bond motifs is 1. The molecule has 0 spiro atoms. The molecule has 1 atom stereocenters. The van der Waals surface area contributed by atoms with E-state index in [1.165, 1.54) is 0 Å². The molecule has 1 saturated heterocycles. The van der Waals surface area contributed by atoms with Crippen LogP contribution in [0.15, 0.2) is 41.7 Å². The lowest BCUT2D eigenvalue weighted by Crippen LogP contribution is -2.51.